The number of benzene rings is 7. The number of aromatic nitrogens is 2. The van der Waals surface area contributed by atoms with E-state index >= 15 is 0 Å². The highest BCUT2D eigenvalue weighted by atomic mass is 16.5. The van der Waals surface area contributed by atoms with E-state index in [-0.39, 0.29) is 12.0 Å². The molecule has 4 nitrogen and oxygen atoms in total. The molecule has 0 saturated heterocycles. The van der Waals surface area contributed by atoms with Gasteiger partial charge in [-0.1, -0.05) is 109 Å². The third-order valence-electron chi connectivity index (χ3n) is 12.8. The van der Waals surface area contributed by atoms with Gasteiger partial charge in [0.2, 0.25) is 0 Å². The standard InChI is InChI=1S/C54H36N2O2/c1-3-13-36(14-4-1)55-47-20-10-7-17-38(47)44-29-33(23-27-49(44)55)35-31-43(52-46(32-35)42-26-25-41-40-19-9-12-22-51(40)57-53(41)54(42)58-52)34-24-28-50-45(30-34)39-18-8-11-21-48(39)56(50)37-15-5-2-6-16-37/h1-23,25-27,29-32,46,52H,24,28H2. The molecule has 10 aromatic rings. The monoisotopic (exact) mass is 744 g/mol. The Hall–Kier alpha value is -7.30. The zero-order chi connectivity index (χ0) is 37.9. The van der Waals surface area contributed by atoms with Gasteiger partial charge in [-0.15, -0.1) is 0 Å². The molecule has 0 saturated carbocycles. The Balaban J connectivity index is 1.02. The van der Waals surface area contributed by atoms with Crippen LogP contribution in [-0.2, 0) is 6.42 Å². The molecular weight excluding hydrogens is 709 g/mol. The minimum Gasteiger partial charge on any atom is -0.480 e. The SMILES string of the molecule is C1=C(C2=CC(c3ccc4c(c3)c3ccccc3n4-c3ccccc3)=CC3c4ccc5c(oc6ccccc65)c4OC23)CCc2c1c1ccccc1n2-c1ccccc1. The van der Waals surface area contributed by atoms with Crippen LogP contribution in [0, 0.1) is 0 Å². The molecule has 2 unspecified atom stereocenters. The molecule has 0 radical (unpaired) electrons. The van der Waals surface area contributed by atoms with Crippen molar-refractivity contribution in [2.45, 2.75) is 24.9 Å². The van der Waals surface area contributed by atoms with E-state index < -0.39 is 0 Å². The zero-order valence-electron chi connectivity index (χ0n) is 31.6. The molecule has 3 aromatic heterocycles. The summed E-state index contributed by atoms with van der Waals surface area (Å²) in [6.45, 7) is 0. The molecule has 1 aliphatic heterocycles. The molecule has 58 heavy (non-hydrogen) atoms. The van der Waals surface area contributed by atoms with Crippen LogP contribution in [0.1, 0.15) is 34.7 Å². The number of nitrogens with zero attached hydrogens (tertiary/aromatic N) is 2. The summed E-state index contributed by atoms with van der Waals surface area (Å²) in [6.07, 6.45) is 9.02. The first-order valence-corrected chi connectivity index (χ1v) is 20.3. The average molecular weight is 745 g/mol. The second-order valence-electron chi connectivity index (χ2n) is 15.9. The van der Waals surface area contributed by atoms with Crippen LogP contribution < -0.4 is 4.74 Å². The number of fused-ring (bicyclic) bond motifs is 13. The van der Waals surface area contributed by atoms with Crippen molar-refractivity contribution < 1.29 is 9.15 Å². The molecule has 13 rings (SSSR count). The molecule has 7 aromatic carbocycles. The van der Waals surface area contributed by atoms with Gasteiger partial charge >= 0.3 is 0 Å². The third-order valence-corrected chi connectivity index (χ3v) is 12.8. The van der Waals surface area contributed by atoms with E-state index in [0.717, 1.165) is 46.2 Å². The highest BCUT2D eigenvalue weighted by Gasteiger charge is 2.41. The highest BCUT2D eigenvalue weighted by Crippen LogP contribution is 2.53. The van der Waals surface area contributed by atoms with Crippen LogP contribution in [0.25, 0.3) is 77.7 Å². The molecule has 0 N–H and O–H groups in total. The number of furan rings is 1. The number of ether oxygens (including phenoxy) is 1. The van der Waals surface area contributed by atoms with Crippen LogP contribution in [0.5, 0.6) is 5.75 Å². The lowest BCUT2D eigenvalue weighted by Crippen LogP contribution is -2.25. The van der Waals surface area contributed by atoms with Gasteiger partial charge in [-0.25, -0.2) is 0 Å². The summed E-state index contributed by atoms with van der Waals surface area (Å²) in [5.74, 6) is 0.892. The largest absolute Gasteiger partial charge is 0.480 e. The number of hydrogen-bond donors (Lipinski definition) is 0. The third kappa shape index (κ3) is 4.51. The molecule has 0 amide bonds. The maximum absolute atomic E-state index is 7.18. The van der Waals surface area contributed by atoms with Crippen LogP contribution in [-0.4, -0.2) is 15.2 Å². The van der Waals surface area contributed by atoms with Gasteiger partial charge in [0.1, 0.15) is 11.7 Å². The van der Waals surface area contributed by atoms with Crippen molar-refractivity contribution in [1.82, 2.24) is 9.13 Å². The van der Waals surface area contributed by atoms with Crippen molar-refractivity contribution >= 4 is 66.3 Å². The van der Waals surface area contributed by atoms with Crippen molar-refractivity contribution in [3.63, 3.8) is 0 Å². The summed E-state index contributed by atoms with van der Waals surface area (Å²) < 4.78 is 18.6. The number of allylic oxidation sites excluding steroid dienone is 2. The van der Waals surface area contributed by atoms with Crippen molar-refractivity contribution in [3.05, 3.63) is 209 Å². The van der Waals surface area contributed by atoms with Gasteiger partial charge in [-0.3, -0.25) is 0 Å². The molecule has 4 heterocycles. The Morgan fingerprint density at radius 2 is 1.19 bits per heavy atom. The predicted octanol–water partition coefficient (Wildman–Crippen LogP) is 13.5. The van der Waals surface area contributed by atoms with Gasteiger partial charge in [0.25, 0.3) is 0 Å². The smallest absolute Gasteiger partial charge is 0.177 e. The van der Waals surface area contributed by atoms with Gasteiger partial charge in [0.05, 0.1) is 16.6 Å². The quantitative estimate of drug-likeness (QED) is 0.180. The van der Waals surface area contributed by atoms with E-state index in [1.807, 2.05) is 12.1 Å². The minimum absolute atomic E-state index is 0.0249. The number of para-hydroxylation sites is 5. The normalized spacial score (nSPS) is 17.3. The second-order valence-corrected chi connectivity index (χ2v) is 15.9. The molecule has 274 valence electrons. The highest BCUT2D eigenvalue weighted by molar-refractivity contribution is 6.11. The Morgan fingerprint density at radius 3 is 2.00 bits per heavy atom. The summed E-state index contributed by atoms with van der Waals surface area (Å²) in [7, 11) is 0. The minimum atomic E-state index is -0.170. The lowest BCUT2D eigenvalue weighted by Gasteiger charge is -2.29. The maximum Gasteiger partial charge on any atom is 0.177 e. The van der Waals surface area contributed by atoms with Crippen molar-refractivity contribution in [2.24, 2.45) is 0 Å². The molecule has 0 bridgehead atoms. The van der Waals surface area contributed by atoms with Crippen LogP contribution >= 0.6 is 0 Å². The van der Waals surface area contributed by atoms with Gasteiger partial charge in [-0.2, -0.15) is 0 Å². The molecule has 0 fully saturated rings. The molecule has 4 heteroatoms. The summed E-state index contributed by atoms with van der Waals surface area (Å²) in [5.41, 5.74) is 16.6. The van der Waals surface area contributed by atoms with Crippen LogP contribution in [0.3, 0.4) is 0 Å². The molecular formula is C54H36N2O2. The van der Waals surface area contributed by atoms with Gasteiger partial charge in [-0.05, 0) is 108 Å². The summed E-state index contributed by atoms with van der Waals surface area (Å²) in [6, 6.07) is 58.9. The first kappa shape index (κ1) is 31.9. The fraction of sp³-hybridized carbons (Fsp3) is 0.0741. The van der Waals surface area contributed by atoms with Crippen LogP contribution in [0.15, 0.2) is 192 Å². The van der Waals surface area contributed by atoms with Gasteiger partial charge in [0.15, 0.2) is 11.3 Å². The van der Waals surface area contributed by atoms with Gasteiger partial charge in [0, 0.05) is 61.0 Å². The molecule has 3 aliphatic rings. The lowest BCUT2D eigenvalue weighted by molar-refractivity contribution is 0.258. The van der Waals surface area contributed by atoms with Crippen molar-refractivity contribution in [2.75, 3.05) is 0 Å². The number of rotatable bonds is 4. The molecule has 2 atom stereocenters. The maximum atomic E-state index is 7.18. The van der Waals surface area contributed by atoms with E-state index in [4.69, 9.17) is 9.15 Å². The summed E-state index contributed by atoms with van der Waals surface area (Å²) >= 11 is 0. The second kappa shape index (κ2) is 12.1. The molecule has 2 aliphatic carbocycles. The van der Waals surface area contributed by atoms with Crippen LogP contribution in [0.4, 0.5) is 0 Å². The van der Waals surface area contributed by atoms with E-state index in [2.05, 4.69) is 179 Å². The predicted molar refractivity (Wildman–Crippen MR) is 237 cm³/mol. The van der Waals surface area contributed by atoms with Crippen molar-refractivity contribution in [1.29, 1.82) is 0 Å². The Kier molecular flexibility index (Phi) is 6.65. The van der Waals surface area contributed by atoms with E-state index in [1.54, 1.807) is 0 Å². The Labute approximate surface area is 334 Å². The Bertz CT molecular complexity index is 3430. The van der Waals surface area contributed by atoms with E-state index in [0.29, 0.717) is 0 Å². The number of hydrogen-bond acceptors (Lipinski definition) is 2. The lowest BCUT2D eigenvalue weighted by atomic mass is 9.77. The first-order valence-electron chi connectivity index (χ1n) is 20.3. The Morgan fingerprint density at radius 1 is 0.517 bits per heavy atom. The summed E-state index contributed by atoms with van der Waals surface area (Å²) in [5, 5.41) is 5.99. The fourth-order valence-electron chi connectivity index (χ4n) is 10.2. The summed E-state index contributed by atoms with van der Waals surface area (Å²) in [4.78, 5) is 0. The van der Waals surface area contributed by atoms with Gasteiger partial charge < -0.3 is 18.3 Å². The molecule has 0 spiro atoms. The van der Waals surface area contributed by atoms with Crippen molar-refractivity contribution in [3.8, 4) is 17.1 Å². The topological polar surface area (TPSA) is 32.2 Å². The van der Waals surface area contributed by atoms with E-state index in [1.165, 1.54) is 77.5 Å². The van der Waals surface area contributed by atoms with Crippen LogP contribution in [0.2, 0.25) is 0 Å². The fourth-order valence-corrected chi connectivity index (χ4v) is 10.2. The average Bonchev–Trinajstić information content (AvgIpc) is 4.04. The van der Waals surface area contributed by atoms with E-state index in [9.17, 15) is 0 Å². The first-order chi connectivity index (χ1) is 28.8. The zero-order valence-corrected chi connectivity index (χ0v) is 31.6.